The summed E-state index contributed by atoms with van der Waals surface area (Å²) in [6.45, 7) is -0.408. The summed E-state index contributed by atoms with van der Waals surface area (Å²) >= 11 is 6.03. The first-order valence-electron chi connectivity index (χ1n) is 10.4. The van der Waals surface area contributed by atoms with Crippen molar-refractivity contribution in [2.24, 2.45) is 0 Å². The molecule has 0 fully saturated rings. The molecule has 8 nitrogen and oxygen atoms in total. The third-order valence-electron chi connectivity index (χ3n) is 5.26. The monoisotopic (exact) mass is 495 g/mol. The Kier molecular flexibility index (Phi) is 8.04. The van der Waals surface area contributed by atoms with E-state index in [1.807, 2.05) is 0 Å². The van der Waals surface area contributed by atoms with Crippen LogP contribution in [0.1, 0.15) is 32.1 Å². The van der Waals surface area contributed by atoms with Crippen molar-refractivity contribution in [3.05, 3.63) is 75.1 Å². The number of nitro benzene ring substituents is 1. The number of rotatable bonds is 9. The Morgan fingerprint density at radius 1 is 1.21 bits per heavy atom. The summed E-state index contributed by atoms with van der Waals surface area (Å²) < 4.78 is 41.9. The number of benzene rings is 2. The van der Waals surface area contributed by atoms with E-state index in [4.69, 9.17) is 11.6 Å². The van der Waals surface area contributed by atoms with Gasteiger partial charge in [-0.05, 0) is 50.3 Å². The van der Waals surface area contributed by atoms with Crippen molar-refractivity contribution in [3.8, 4) is 0 Å². The van der Waals surface area contributed by atoms with E-state index in [1.165, 1.54) is 23.8 Å². The van der Waals surface area contributed by atoms with E-state index < -0.39 is 43.8 Å². The van der Waals surface area contributed by atoms with Gasteiger partial charge in [-0.3, -0.25) is 19.2 Å². The Labute approximate surface area is 196 Å². The number of non-ortho nitro benzene ring substituents is 1. The van der Waals surface area contributed by atoms with Gasteiger partial charge in [-0.15, -0.1) is 0 Å². The molecule has 2 aromatic carbocycles. The summed E-state index contributed by atoms with van der Waals surface area (Å²) in [6, 6.07) is 7.98. The lowest BCUT2D eigenvalue weighted by Gasteiger charge is -2.25. The van der Waals surface area contributed by atoms with Crippen molar-refractivity contribution in [3.63, 3.8) is 0 Å². The van der Waals surface area contributed by atoms with Gasteiger partial charge in [-0.1, -0.05) is 35.4 Å². The van der Waals surface area contributed by atoms with Crippen molar-refractivity contribution < 1.29 is 22.5 Å². The van der Waals surface area contributed by atoms with E-state index in [9.17, 15) is 27.7 Å². The molecule has 0 radical (unpaired) electrons. The van der Waals surface area contributed by atoms with Gasteiger partial charge in [0.1, 0.15) is 17.3 Å². The van der Waals surface area contributed by atoms with Crippen LogP contribution < -0.4 is 9.62 Å². The number of nitro groups is 1. The minimum atomic E-state index is -4.62. The number of nitrogens with zero attached hydrogens (tertiary/aromatic N) is 2. The largest absolute Gasteiger partial charge is 0.354 e. The van der Waals surface area contributed by atoms with Gasteiger partial charge in [-0.2, -0.15) is 0 Å². The fourth-order valence-corrected chi connectivity index (χ4v) is 5.48. The van der Waals surface area contributed by atoms with E-state index in [0.717, 1.165) is 49.9 Å². The predicted octanol–water partition coefficient (Wildman–Crippen LogP) is 4.59. The van der Waals surface area contributed by atoms with Crippen LogP contribution in [0.15, 0.2) is 59.0 Å². The Bertz CT molecular complexity index is 1190. The third-order valence-corrected chi connectivity index (χ3v) is 7.50. The van der Waals surface area contributed by atoms with E-state index in [1.54, 1.807) is 0 Å². The average Bonchev–Trinajstić information content (AvgIpc) is 2.78. The summed E-state index contributed by atoms with van der Waals surface area (Å²) in [5, 5.41) is 13.5. The van der Waals surface area contributed by atoms with Crippen LogP contribution in [0.25, 0.3) is 0 Å². The van der Waals surface area contributed by atoms with Gasteiger partial charge in [0, 0.05) is 18.7 Å². The van der Waals surface area contributed by atoms with Crippen molar-refractivity contribution >= 4 is 38.9 Å². The summed E-state index contributed by atoms with van der Waals surface area (Å²) in [4.78, 5) is 22.4. The van der Waals surface area contributed by atoms with Gasteiger partial charge in [0.15, 0.2) is 0 Å². The topological polar surface area (TPSA) is 110 Å². The fourth-order valence-electron chi connectivity index (χ4n) is 3.56. The highest BCUT2D eigenvalue weighted by Gasteiger charge is 2.32. The molecule has 3 rings (SSSR count). The SMILES string of the molecule is O=C(CN(c1ccccc1F)S(=O)(=O)c1cc([N+](=O)[O-])ccc1Cl)NCCC1=CCCCC1. The average molecular weight is 496 g/mol. The van der Waals surface area contributed by atoms with E-state index >= 15 is 0 Å². The maximum atomic E-state index is 14.6. The molecule has 2 aromatic rings. The molecule has 0 atom stereocenters. The van der Waals surface area contributed by atoms with Gasteiger partial charge in [0.2, 0.25) is 5.91 Å². The van der Waals surface area contributed by atoms with Gasteiger partial charge < -0.3 is 5.32 Å². The Morgan fingerprint density at radius 3 is 2.64 bits per heavy atom. The van der Waals surface area contributed by atoms with Gasteiger partial charge in [-0.25, -0.2) is 12.8 Å². The summed E-state index contributed by atoms with van der Waals surface area (Å²) in [6.07, 6.45) is 7.02. The number of allylic oxidation sites excluding steroid dienone is 1. The van der Waals surface area contributed by atoms with E-state index in [2.05, 4.69) is 11.4 Å². The van der Waals surface area contributed by atoms with Gasteiger partial charge in [0.05, 0.1) is 15.6 Å². The van der Waals surface area contributed by atoms with Crippen LogP contribution in [0.4, 0.5) is 15.8 Å². The lowest BCUT2D eigenvalue weighted by atomic mass is 9.97. The van der Waals surface area contributed by atoms with Crippen LogP contribution in [-0.4, -0.2) is 32.3 Å². The number of hydrogen-bond acceptors (Lipinski definition) is 5. The number of hydrogen-bond donors (Lipinski definition) is 1. The molecule has 0 unspecified atom stereocenters. The van der Waals surface area contributed by atoms with Crippen LogP contribution in [0, 0.1) is 15.9 Å². The molecule has 0 heterocycles. The standard InChI is InChI=1S/C22H23ClFN3O5S/c23-18-11-10-17(27(29)30)14-21(18)33(31,32)26(20-9-5-4-8-19(20)24)15-22(28)25-13-12-16-6-2-1-3-7-16/h4-6,8-11,14H,1-3,7,12-13,15H2,(H,25,28). The van der Waals surface area contributed by atoms with Crippen LogP contribution in [0.2, 0.25) is 5.02 Å². The molecule has 0 spiro atoms. The molecule has 33 heavy (non-hydrogen) atoms. The van der Waals surface area contributed by atoms with Crippen molar-refractivity contribution in [1.29, 1.82) is 0 Å². The molecule has 0 saturated heterocycles. The molecule has 11 heteroatoms. The fraction of sp³-hybridized carbons (Fsp3) is 0.318. The second-order valence-corrected chi connectivity index (χ2v) is 9.78. The smallest absolute Gasteiger partial charge is 0.270 e. The Balaban J connectivity index is 1.88. The second kappa shape index (κ2) is 10.8. The molecule has 0 aromatic heterocycles. The number of carbonyl (C=O) groups excluding carboxylic acids is 1. The zero-order valence-electron chi connectivity index (χ0n) is 17.7. The molecule has 176 valence electrons. The first-order valence-corrected chi connectivity index (χ1v) is 12.2. The normalized spacial score (nSPS) is 13.8. The number of carbonyl (C=O) groups is 1. The zero-order valence-corrected chi connectivity index (χ0v) is 19.2. The minimum Gasteiger partial charge on any atom is -0.354 e. The van der Waals surface area contributed by atoms with E-state index in [0.29, 0.717) is 17.3 Å². The predicted molar refractivity (Wildman–Crippen MR) is 123 cm³/mol. The molecular weight excluding hydrogens is 473 g/mol. The van der Waals surface area contributed by atoms with Crippen LogP contribution in [0.5, 0.6) is 0 Å². The summed E-state index contributed by atoms with van der Waals surface area (Å²) in [7, 11) is -4.62. The maximum absolute atomic E-state index is 14.6. The van der Waals surface area contributed by atoms with Crippen molar-refractivity contribution in [2.75, 3.05) is 17.4 Å². The number of amides is 1. The highest BCUT2D eigenvalue weighted by molar-refractivity contribution is 7.93. The quantitative estimate of drug-likeness (QED) is 0.311. The number of halogens is 2. The second-order valence-electron chi connectivity index (χ2n) is 7.54. The molecule has 0 aliphatic heterocycles. The highest BCUT2D eigenvalue weighted by Crippen LogP contribution is 2.32. The zero-order chi connectivity index (χ0) is 24.0. The number of para-hydroxylation sites is 1. The maximum Gasteiger partial charge on any atom is 0.270 e. The van der Waals surface area contributed by atoms with Gasteiger partial charge >= 0.3 is 0 Å². The molecule has 0 bridgehead atoms. The van der Waals surface area contributed by atoms with Crippen molar-refractivity contribution in [1.82, 2.24) is 5.32 Å². The minimum absolute atomic E-state index is 0.286. The molecule has 1 N–H and O–H groups in total. The molecule has 1 amide bonds. The first kappa shape index (κ1) is 24.7. The number of sulfonamides is 1. The molecule has 1 aliphatic rings. The Morgan fingerprint density at radius 2 is 1.97 bits per heavy atom. The molecule has 1 aliphatic carbocycles. The highest BCUT2D eigenvalue weighted by atomic mass is 35.5. The van der Waals surface area contributed by atoms with Crippen LogP contribution >= 0.6 is 11.6 Å². The lowest BCUT2D eigenvalue weighted by Crippen LogP contribution is -2.41. The molecular formula is C22H23ClFN3O5S. The number of nitrogens with one attached hydrogen (secondary N) is 1. The third kappa shape index (κ3) is 6.08. The first-order chi connectivity index (χ1) is 15.7. The van der Waals surface area contributed by atoms with E-state index in [-0.39, 0.29) is 10.7 Å². The van der Waals surface area contributed by atoms with Gasteiger partial charge in [0.25, 0.3) is 15.7 Å². The Hall–Kier alpha value is -2.98. The van der Waals surface area contributed by atoms with Crippen molar-refractivity contribution in [2.45, 2.75) is 37.0 Å². The van der Waals surface area contributed by atoms with Crippen LogP contribution in [0.3, 0.4) is 0 Å². The summed E-state index contributed by atoms with van der Waals surface area (Å²) in [5.41, 5.74) is 0.366. The lowest BCUT2D eigenvalue weighted by molar-refractivity contribution is -0.385. The van der Waals surface area contributed by atoms with Crippen LogP contribution in [-0.2, 0) is 14.8 Å². The summed E-state index contributed by atoms with van der Waals surface area (Å²) in [5.74, 6) is -1.51. The number of anilines is 1. The molecule has 0 saturated carbocycles.